The number of aliphatic hydroxyl groups is 1. The molecule has 0 bridgehead atoms. The number of nitrogens with one attached hydrogen (secondary N) is 2. The molecular weight excluding hydrogens is 192 g/mol. The number of rotatable bonds is 4. The predicted molar refractivity (Wildman–Crippen MR) is 57.3 cm³/mol. The van der Waals surface area contributed by atoms with Crippen LogP contribution in [0.15, 0.2) is 0 Å². The summed E-state index contributed by atoms with van der Waals surface area (Å²) in [6, 6.07) is -0.0589. The van der Waals surface area contributed by atoms with Gasteiger partial charge >= 0.3 is 0 Å². The molecule has 1 heterocycles. The van der Waals surface area contributed by atoms with Gasteiger partial charge in [-0.05, 0) is 37.6 Å². The summed E-state index contributed by atoms with van der Waals surface area (Å²) in [5.41, 5.74) is 0. The van der Waals surface area contributed by atoms with Gasteiger partial charge in [0.2, 0.25) is 5.91 Å². The van der Waals surface area contributed by atoms with Crippen molar-refractivity contribution < 1.29 is 9.90 Å². The molecule has 2 aliphatic rings. The van der Waals surface area contributed by atoms with E-state index in [-0.39, 0.29) is 18.1 Å². The molecule has 2 fully saturated rings. The normalized spacial score (nSPS) is 32.7. The highest BCUT2D eigenvalue weighted by Crippen LogP contribution is 2.32. The maximum absolute atomic E-state index is 11.7. The third-order valence-electron chi connectivity index (χ3n) is 3.47. The molecule has 1 aliphatic carbocycles. The Hall–Kier alpha value is -0.610. The van der Waals surface area contributed by atoms with Gasteiger partial charge < -0.3 is 15.7 Å². The number of aliphatic hydroxyl groups excluding tert-OH is 1. The van der Waals surface area contributed by atoms with Crippen molar-refractivity contribution in [3.05, 3.63) is 0 Å². The maximum atomic E-state index is 11.7. The first-order chi connectivity index (χ1) is 7.18. The Labute approximate surface area is 90.4 Å². The van der Waals surface area contributed by atoms with Crippen molar-refractivity contribution in [2.75, 3.05) is 13.1 Å². The summed E-state index contributed by atoms with van der Waals surface area (Å²) in [6.45, 7) is 3.42. The number of amides is 1. The van der Waals surface area contributed by atoms with Crippen LogP contribution in [0.1, 0.15) is 26.2 Å². The smallest absolute Gasteiger partial charge is 0.237 e. The van der Waals surface area contributed by atoms with Crippen LogP contribution < -0.4 is 10.6 Å². The molecule has 4 heteroatoms. The molecule has 0 spiro atoms. The van der Waals surface area contributed by atoms with Crippen LogP contribution >= 0.6 is 0 Å². The van der Waals surface area contributed by atoms with E-state index >= 15 is 0 Å². The van der Waals surface area contributed by atoms with Crippen LogP contribution in [0, 0.1) is 11.8 Å². The van der Waals surface area contributed by atoms with Crippen LogP contribution in [0.3, 0.4) is 0 Å². The van der Waals surface area contributed by atoms with E-state index in [2.05, 4.69) is 17.6 Å². The minimum atomic E-state index is -0.342. The lowest BCUT2D eigenvalue weighted by molar-refractivity contribution is -0.124. The molecular formula is C11H20N2O2. The van der Waals surface area contributed by atoms with Gasteiger partial charge in [-0.2, -0.15) is 0 Å². The van der Waals surface area contributed by atoms with Crippen molar-refractivity contribution >= 4 is 5.91 Å². The van der Waals surface area contributed by atoms with Crippen LogP contribution in [0.2, 0.25) is 0 Å². The molecule has 0 aromatic rings. The summed E-state index contributed by atoms with van der Waals surface area (Å²) in [7, 11) is 0. The molecule has 3 unspecified atom stereocenters. The summed E-state index contributed by atoms with van der Waals surface area (Å²) >= 11 is 0. The maximum Gasteiger partial charge on any atom is 0.237 e. The van der Waals surface area contributed by atoms with E-state index in [0.29, 0.717) is 18.4 Å². The molecule has 0 aromatic carbocycles. The fourth-order valence-corrected chi connectivity index (χ4v) is 2.15. The van der Waals surface area contributed by atoms with Crippen molar-refractivity contribution in [3.63, 3.8) is 0 Å². The second-order valence-electron chi connectivity index (χ2n) is 4.85. The van der Waals surface area contributed by atoms with E-state index in [9.17, 15) is 9.90 Å². The molecule has 1 aliphatic heterocycles. The van der Waals surface area contributed by atoms with Gasteiger partial charge in [-0.1, -0.05) is 6.92 Å². The summed E-state index contributed by atoms with van der Waals surface area (Å²) in [5, 5.41) is 15.6. The van der Waals surface area contributed by atoms with Gasteiger partial charge in [0.25, 0.3) is 0 Å². The topological polar surface area (TPSA) is 61.4 Å². The third kappa shape index (κ3) is 2.69. The van der Waals surface area contributed by atoms with Crippen molar-refractivity contribution in [2.24, 2.45) is 11.8 Å². The molecule has 0 radical (unpaired) electrons. The molecule has 2 rings (SSSR count). The van der Waals surface area contributed by atoms with Crippen LogP contribution in [-0.4, -0.2) is 36.2 Å². The van der Waals surface area contributed by atoms with E-state index in [1.165, 1.54) is 0 Å². The van der Waals surface area contributed by atoms with E-state index in [4.69, 9.17) is 0 Å². The first kappa shape index (κ1) is 10.9. The molecule has 3 atom stereocenters. The van der Waals surface area contributed by atoms with Gasteiger partial charge in [0.05, 0.1) is 12.1 Å². The lowest BCUT2D eigenvalue weighted by Gasteiger charge is -2.17. The van der Waals surface area contributed by atoms with Crippen molar-refractivity contribution in [3.8, 4) is 0 Å². The Bertz CT molecular complexity index is 241. The second kappa shape index (κ2) is 4.49. The SMILES string of the molecule is CC1CCNC1C(=O)NCC(O)C1CC1. The van der Waals surface area contributed by atoms with Gasteiger partial charge in [-0.3, -0.25) is 4.79 Å². The highest BCUT2D eigenvalue weighted by molar-refractivity contribution is 5.82. The van der Waals surface area contributed by atoms with Crippen molar-refractivity contribution in [1.29, 1.82) is 0 Å². The van der Waals surface area contributed by atoms with Crippen LogP contribution in [0.25, 0.3) is 0 Å². The Morgan fingerprint density at radius 3 is 2.80 bits per heavy atom. The first-order valence-corrected chi connectivity index (χ1v) is 5.87. The standard InChI is InChI=1S/C11H20N2O2/c1-7-4-5-12-10(7)11(15)13-6-9(14)8-2-3-8/h7-10,12,14H,2-6H2,1H3,(H,13,15). The van der Waals surface area contributed by atoms with Gasteiger partial charge in [0.15, 0.2) is 0 Å². The van der Waals surface area contributed by atoms with Gasteiger partial charge in [0, 0.05) is 6.54 Å². The molecule has 15 heavy (non-hydrogen) atoms. The number of carbonyl (C=O) groups excluding carboxylic acids is 1. The molecule has 86 valence electrons. The van der Waals surface area contributed by atoms with E-state index < -0.39 is 0 Å². The summed E-state index contributed by atoms with van der Waals surface area (Å²) < 4.78 is 0. The lowest BCUT2D eigenvalue weighted by atomic mass is 10.0. The van der Waals surface area contributed by atoms with Crippen LogP contribution in [0.4, 0.5) is 0 Å². The van der Waals surface area contributed by atoms with Gasteiger partial charge in [-0.25, -0.2) is 0 Å². The Morgan fingerprint density at radius 2 is 2.27 bits per heavy atom. The van der Waals surface area contributed by atoms with E-state index in [1.807, 2.05) is 0 Å². The Balaban J connectivity index is 1.71. The Morgan fingerprint density at radius 1 is 1.53 bits per heavy atom. The number of hydrogen-bond acceptors (Lipinski definition) is 3. The largest absolute Gasteiger partial charge is 0.391 e. The summed E-state index contributed by atoms with van der Waals surface area (Å²) in [5.74, 6) is 0.877. The quantitative estimate of drug-likeness (QED) is 0.608. The van der Waals surface area contributed by atoms with Gasteiger partial charge in [-0.15, -0.1) is 0 Å². The zero-order valence-corrected chi connectivity index (χ0v) is 9.20. The number of carbonyl (C=O) groups is 1. The molecule has 3 N–H and O–H groups in total. The average molecular weight is 212 g/mol. The van der Waals surface area contributed by atoms with E-state index in [1.54, 1.807) is 0 Å². The van der Waals surface area contributed by atoms with E-state index in [0.717, 1.165) is 25.8 Å². The van der Waals surface area contributed by atoms with Crippen molar-refractivity contribution in [1.82, 2.24) is 10.6 Å². The van der Waals surface area contributed by atoms with Gasteiger partial charge in [0.1, 0.15) is 0 Å². The predicted octanol–water partition coefficient (Wildman–Crippen LogP) is -0.128. The minimum Gasteiger partial charge on any atom is -0.391 e. The fraction of sp³-hybridized carbons (Fsp3) is 0.909. The summed E-state index contributed by atoms with van der Waals surface area (Å²) in [6.07, 6.45) is 2.93. The second-order valence-corrected chi connectivity index (χ2v) is 4.85. The third-order valence-corrected chi connectivity index (χ3v) is 3.47. The summed E-state index contributed by atoms with van der Waals surface area (Å²) in [4.78, 5) is 11.7. The highest BCUT2D eigenvalue weighted by Gasteiger charge is 2.32. The molecule has 0 aromatic heterocycles. The Kier molecular flexibility index (Phi) is 3.26. The number of hydrogen-bond donors (Lipinski definition) is 3. The van der Waals surface area contributed by atoms with Crippen molar-refractivity contribution in [2.45, 2.75) is 38.3 Å². The highest BCUT2D eigenvalue weighted by atomic mass is 16.3. The molecule has 4 nitrogen and oxygen atoms in total. The molecule has 1 amide bonds. The molecule has 1 saturated carbocycles. The zero-order valence-electron chi connectivity index (χ0n) is 9.20. The lowest BCUT2D eigenvalue weighted by Crippen LogP contribution is -2.45. The van der Waals surface area contributed by atoms with Crippen LogP contribution in [0.5, 0.6) is 0 Å². The first-order valence-electron chi connectivity index (χ1n) is 5.87. The minimum absolute atomic E-state index is 0.0414. The van der Waals surface area contributed by atoms with Crippen LogP contribution in [-0.2, 0) is 4.79 Å². The zero-order chi connectivity index (χ0) is 10.8. The fourth-order valence-electron chi connectivity index (χ4n) is 2.15. The molecule has 1 saturated heterocycles. The monoisotopic (exact) mass is 212 g/mol. The average Bonchev–Trinajstić information content (AvgIpc) is 2.98.